The Labute approximate surface area is 84.0 Å². The van der Waals surface area contributed by atoms with Crippen molar-refractivity contribution < 1.29 is 9.59 Å². The van der Waals surface area contributed by atoms with Gasteiger partial charge in [-0.25, -0.2) is 0 Å². The topological polar surface area (TPSA) is 60.2 Å². The van der Waals surface area contributed by atoms with Gasteiger partial charge in [-0.15, -0.1) is 0 Å². The van der Waals surface area contributed by atoms with Crippen molar-refractivity contribution in [2.45, 2.75) is 39.0 Å². The second-order valence-electron chi connectivity index (χ2n) is 4.67. The lowest BCUT2D eigenvalue weighted by Gasteiger charge is -2.37. The van der Waals surface area contributed by atoms with Gasteiger partial charge in [-0.2, -0.15) is 0 Å². The van der Waals surface area contributed by atoms with Gasteiger partial charge < -0.3 is 5.73 Å². The summed E-state index contributed by atoms with van der Waals surface area (Å²) in [4.78, 5) is 23.3. The molecule has 2 rings (SSSR count). The minimum absolute atomic E-state index is 0.142. The maximum Gasteiger partial charge on any atom is 0.231 e. The first-order valence-electron chi connectivity index (χ1n) is 5.46. The van der Waals surface area contributed by atoms with Gasteiger partial charge in [-0.05, 0) is 25.2 Å². The van der Waals surface area contributed by atoms with Gasteiger partial charge in [-0.3, -0.25) is 9.59 Å². The van der Waals surface area contributed by atoms with Crippen LogP contribution >= 0.6 is 0 Å². The van der Waals surface area contributed by atoms with E-state index in [0.29, 0.717) is 18.8 Å². The third-order valence-electron chi connectivity index (χ3n) is 3.93. The molecule has 0 saturated heterocycles. The first-order valence-corrected chi connectivity index (χ1v) is 5.46. The first-order chi connectivity index (χ1) is 6.62. The van der Waals surface area contributed by atoms with Crippen molar-refractivity contribution in [2.75, 3.05) is 0 Å². The lowest BCUT2D eigenvalue weighted by molar-refractivity contribution is -0.147. The van der Waals surface area contributed by atoms with Gasteiger partial charge in [0.05, 0.1) is 0 Å². The summed E-state index contributed by atoms with van der Waals surface area (Å²) in [6, 6.07) is 0. The molecule has 78 valence electrons. The Hall–Kier alpha value is -0.860. The molecule has 1 amide bonds. The van der Waals surface area contributed by atoms with Crippen LogP contribution in [0.15, 0.2) is 0 Å². The zero-order valence-corrected chi connectivity index (χ0v) is 8.58. The highest BCUT2D eigenvalue weighted by atomic mass is 16.2. The third kappa shape index (κ3) is 1.18. The summed E-state index contributed by atoms with van der Waals surface area (Å²) in [5.41, 5.74) is 4.57. The number of carbonyl (C=O) groups excluding carboxylic acids is 2. The fraction of sp³-hybridized carbons (Fsp3) is 0.818. The van der Waals surface area contributed by atoms with Crippen molar-refractivity contribution in [1.82, 2.24) is 0 Å². The number of carbonyl (C=O) groups is 2. The van der Waals surface area contributed by atoms with Gasteiger partial charge in [-0.1, -0.05) is 19.8 Å². The summed E-state index contributed by atoms with van der Waals surface area (Å²) < 4.78 is 0. The van der Waals surface area contributed by atoms with Crippen molar-refractivity contribution in [2.24, 2.45) is 23.0 Å². The normalized spacial score (nSPS) is 33.2. The minimum Gasteiger partial charge on any atom is -0.369 e. The molecule has 0 aliphatic heterocycles. The molecule has 0 aromatic rings. The Kier molecular flexibility index (Phi) is 2.13. The van der Waals surface area contributed by atoms with Crippen molar-refractivity contribution >= 4 is 11.7 Å². The van der Waals surface area contributed by atoms with Gasteiger partial charge in [0, 0.05) is 5.92 Å². The number of hydrogen-bond acceptors (Lipinski definition) is 2. The molecule has 0 spiro atoms. The predicted molar refractivity (Wildman–Crippen MR) is 52.4 cm³/mol. The number of amides is 1. The Balaban J connectivity index is 2.07. The van der Waals surface area contributed by atoms with Gasteiger partial charge in [0.1, 0.15) is 5.41 Å². The molecular formula is C11H17NO2. The zero-order chi connectivity index (χ0) is 10.3. The highest BCUT2D eigenvalue weighted by molar-refractivity contribution is 6.08. The Morgan fingerprint density at radius 3 is 2.36 bits per heavy atom. The van der Waals surface area contributed by atoms with Crippen LogP contribution < -0.4 is 5.73 Å². The second-order valence-corrected chi connectivity index (χ2v) is 4.67. The van der Waals surface area contributed by atoms with E-state index in [9.17, 15) is 9.59 Å². The molecule has 3 heteroatoms. The fourth-order valence-corrected chi connectivity index (χ4v) is 2.52. The van der Waals surface area contributed by atoms with Gasteiger partial charge in [0.25, 0.3) is 0 Å². The maximum absolute atomic E-state index is 12.0. The fourth-order valence-electron chi connectivity index (χ4n) is 2.52. The van der Waals surface area contributed by atoms with E-state index in [1.54, 1.807) is 0 Å². The summed E-state index contributed by atoms with van der Waals surface area (Å²) in [6.07, 6.45) is 4.37. The van der Waals surface area contributed by atoms with E-state index >= 15 is 0 Å². The highest BCUT2D eigenvalue weighted by Gasteiger charge is 2.56. The molecule has 2 N–H and O–H groups in total. The first kappa shape index (κ1) is 9.69. The minimum atomic E-state index is -0.755. The van der Waals surface area contributed by atoms with Crippen molar-refractivity contribution in [3.8, 4) is 0 Å². The zero-order valence-electron chi connectivity index (χ0n) is 8.58. The van der Waals surface area contributed by atoms with E-state index in [4.69, 9.17) is 5.73 Å². The average Bonchev–Trinajstić information content (AvgIpc) is 2.79. The van der Waals surface area contributed by atoms with Gasteiger partial charge in [0.2, 0.25) is 5.91 Å². The molecule has 2 fully saturated rings. The summed E-state index contributed by atoms with van der Waals surface area (Å²) in [7, 11) is 0. The van der Waals surface area contributed by atoms with Crippen LogP contribution in [0.25, 0.3) is 0 Å². The molecule has 2 saturated carbocycles. The molecular weight excluding hydrogens is 178 g/mol. The number of primary amides is 1. The van der Waals surface area contributed by atoms with Crippen LogP contribution in [0.1, 0.15) is 39.0 Å². The molecule has 0 radical (unpaired) electrons. The van der Waals surface area contributed by atoms with E-state index in [-0.39, 0.29) is 11.7 Å². The summed E-state index contributed by atoms with van der Waals surface area (Å²) >= 11 is 0. The predicted octanol–water partition coefficient (Wildman–Crippen LogP) is 1.26. The summed E-state index contributed by atoms with van der Waals surface area (Å²) in [6.45, 7) is 2.09. The Bertz CT molecular complexity index is 281. The van der Waals surface area contributed by atoms with E-state index in [1.165, 1.54) is 0 Å². The SMILES string of the molecule is CCC1CC1C(=O)C1(C(N)=O)CCC1. The van der Waals surface area contributed by atoms with E-state index in [2.05, 4.69) is 6.92 Å². The highest BCUT2D eigenvalue weighted by Crippen LogP contribution is 2.51. The number of ketones is 1. The standard InChI is InChI=1S/C11H17NO2/c1-2-7-6-8(7)9(13)11(10(12)14)4-3-5-11/h7-8H,2-6H2,1H3,(H2,12,14). The third-order valence-corrected chi connectivity index (χ3v) is 3.93. The molecule has 0 bridgehead atoms. The Morgan fingerprint density at radius 2 is 2.07 bits per heavy atom. The van der Waals surface area contributed by atoms with Crippen molar-refractivity contribution in [1.29, 1.82) is 0 Å². The van der Waals surface area contributed by atoms with E-state index in [1.807, 2.05) is 0 Å². The van der Waals surface area contributed by atoms with Gasteiger partial charge >= 0.3 is 0 Å². The maximum atomic E-state index is 12.0. The molecule has 3 nitrogen and oxygen atoms in total. The van der Waals surface area contributed by atoms with Crippen molar-refractivity contribution in [3.63, 3.8) is 0 Å². The van der Waals surface area contributed by atoms with Crippen molar-refractivity contribution in [3.05, 3.63) is 0 Å². The Morgan fingerprint density at radius 1 is 1.43 bits per heavy atom. The molecule has 2 unspecified atom stereocenters. The molecule has 0 aromatic heterocycles. The summed E-state index contributed by atoms with van der Waals surface area (Å²) in [5.74, 6) is 0.422. The van der Waals surface area contributed by atoms with Crippen LogP contribution in [0.5, 0.6) is 0 Å². The molecule has 14 heavy (non-hydrogen) atoms. The molecule has 2 atom stereocenters. The molecule has 2 aliphatic carbocycles. The quantitative estimate of drug-likeness (QED) is 0.686. The smallest absolute Gasteiger partial charge is 0.231 e. The average molecular weight is 195 g/mol. The largest absolute Gasteiger partial charge is 0.369 e. The number of rotatable bonds is 4. The van der Waals surface area contributed by atoms with Crippen LogP contribution in [0.4, 0.5) is 0 Å². The lowest BCUT2D eigenvalue weighted by Crippen LogP contribution is -2.49. The molecule has 0 aromatic carbocycles. The number of hydrogen-bond donors (Lipinski definition) is 1. The van der Waals surface area contributed by atoms with Crippen LogP contribution in [0.3, 0.4) is 0 Å². The van der Waals surface area contributed by atoms with Crippen LogP contribution in [0, 0.1) is 17.3 Å². The van der Waals surface area contributed by atoms with Crippen LogP contribution in [0.2, 0.25) is 0 Å². The lowest BCUT2D eigenvalue weighted by atomic mass is 9.64. The van der Waals surface area contributed by atoms with E-state index in [0.717, 1.165) is 19.3 Å². The molecule has 0 heterocycles. The number of Topliss-reactive ketones (excluding diaryl/α,β-unsaturated/α-hetero) is 1. The van der Waals surface area contributed by atoms with Gasteiger partial charge in [0.15, 0.2) is 5.78 Å². The van der Waals surface area contributed by atoms with Crippen LogP contribution in [-0.2, 0) is 9.59 Å². The number of nitrogens with two attached hydrogens (primary N) is 1. The van der Waals surface area contributed by atoms with E-state index < -0.39 is 11.3 Å². The molecule has 2 aliphatic rings. The second kappa shape index (κ2) is 3.07. The van der Waals surface area contributed by atoms with Crippen LogP contribution in [-0.4, -0.2) is 11.7 Å². The monoisotopic (exact) mass is 195 g/mol. The summed E-state index contributed by atoms with van der Waals surface area (Å²) in [5, 5.41) is 0.